The maximum atomic E-state index is 3.59. The molecule has 0 aromatic heterocycles. The zero-order valence-electron chi connectivity index (χ0n) is 11.7. The summed E-state index contributed by atoms with van der Waals surface area (Å²) >= 11 is 2.02. The lowest BCUT2D eigenvalue weighted by Crippen LogP contribution is -2.24. The molecular formula is C15H25NS. The quantitative estimate of drug-likeness (QED) is 0.817. The van der Waals surface area contributed by atoms with E-state index in [2.05, 4.69) is 58.1 Å². The van der Waals surface area contributed by atoms with E-state index in [0.29, 0.717) is 11.3 Å². The molecule has 1 unspecified atom stereocenters. The van der Waals surface area contributed by atoms with Crippen molar-refractivity contribution < 1.29 is 0 Å². The van der Waals surface area contributed by atoms with Crippen molar-refractivity contribution in [1.82, 2.24) is 5.32 Å². The third-order valence-corrected chi connectivity index (χ3v) is 4.04. The van der Waals surface area contributed by atoms with Crippen LogP contribution in [-0.2, 0) is 0 Å². The van der Waals surface area contributed by atoms with Crippen molar-refractivity contribution in [2.45, 2.75) is 45.9 Å². The number of rotatable bonds is 6. The predicted molar refractivity (Wildman–Crippen MR) is 79.9 cm³/mol. The molecule has 0 aliphatic rings. The Morgan fingerprint density at radius 3 is 2.47 bits per heavy atom. The predicted octanol–water partition coefficient (Wildman–Crippen LogP) is 4.10. The molecule has 1 aromatic carbocycles. The first-order chi connectivity index (χ1) is 8.04. The highest BCUT2D eigenvalue weighted by atomic mass is 32.2. The smallest absolute Gasteiger partial charge is 0.0414 e. The lowest BCUT2D eigenvalue weighted by molar-refractivity contribution is 0.602. The minimum Gasteiger partial charge on any atom is -0.310 e. The lowest BCUT2D eigenvalue weighted by atomic mass is 10.0. The molecule has 96 valence electrons. The van der Waals surface area contributed by atoms with Gasteiger partial charge in [-0.25, -0.2) is 0 Å². The molecule has 0 fully saturated rings. The van der Waals surface area contributed by atoms with Gasteiger partial charge in [-0.05, 0) is 36.8 Å². The van der Waals surface area contributed by atoms with Gasteiger partial charge in [0.15, 0.2) is 0 Å². The maximum Gasteiger partial charge on any atom is 0.0414 e. The van der Waals surface area contributed by atoms with Gasteiger partial charge in [0.2, 0.25) is 0 Å². The SMILES string of the molecule is CCNC(CSC(C)C)c1ccc(C)cc1C. The van der Waals surface area contributed by atoms with E-state index in [-0.39, 0.29) is 0 Å². The summed E-state index contributed by atoms with van der Waals surface area (Å²) in [5, 5.41) is 4.29. The minimum atomic E-state index is 0.480. The van der Waals surface area contributed by atoms with Crippen LogP contribution in [0.15, 0.2) is 18.2 Å². The fraction of sp³-hybridized carbons (Fsp3) is 0.600. The van der Waals surface area contributed by atoms with Gasteiger partial charge in [0.25, 0.3) is 0 Å². The number of benzene rings is 1. The van der Waals surface area contributed by atoms with Crippen molar-refractivity contribution in [3.8, 4) is 0 Å². The van der Waals surface area contributed by atoms with Crippen molar-refractivity contribution >= 4 is 11.8 Å². The third kappa shape index (κ3) is 4.72. The number of aryl methyl sites for hydroxylation is 2. The molecule has 1 N–H and O–H groups in total. The van der Waals surface area contributed by atoms with Crippen LogP contribution < -0.4 is 5.32 Å². The minimum absolute atomic E-state index is 0.480. The van der Waals surface area contributed by atoms with Crippen LogP contribution in [0, 0.1) is 13.8 Å². The fourth-order valence-corrected chi connectivity index (χ4v) is 2.89. The lowest BCUT2D eigenvalue weighted by Gasteiger charge is -2.21. The molecule has 0 bridgehead atoms. The monoisotopic (exact) mass is 251 g/mol. The Morgan fingerprint density at radius 2 is 1.94 bits per heavy atom. The maximum absolute atomic E-state index is 3.59. The second-order valence-corrected chi connectivity index (χ2v) is 6.46. The van der Waals surface area contributed by atoms with Crippen LogP contribution >= 0.6 is 11.8 Å². The molecular weight excluding hydrogens is 226 g/mol. The summed E-state index contributed by atoms with van der Waals surface area (Å²) in [5.74, 6) is 1.15. The van der Waals surface area contributed by atoms with E-state index in [1.54, 1.807) is 0 Å². The van der Waals surface area contributed by atoms with Crippen LogP contribution in [0.3, 0.4) is 0 Å². The van der Waals surface area contributed by atoms with Crippen LogP contribution in [-0.4, -0.2) is 17.5 Å². The van der Waals surface area contributed by atoms with Gasteiger partial charge in [0.05, 0.1) is 0 Å². The molecule has 1 nitrogen and oxygen atoms in total. The molecule has 0 saturated carbocycles. The first-order valence-electron chi connectivity index (χ1n) is 6.46. The molecule has 1 aromatic rings. The first kappa shape index (κ1) is 14.6. The molecule has 17 heavy (non-hydrogen) atoms. The van der Waals surface area contributed by atoms with Gasteiger partial charge in [0.1, 0.15) is 0 Å². The first-order valence-corrected chi connectivity index (χ1v) is 7.51. The standard InChI is InChI=1S/C15H25NS/c1-6-16-15(10-17-11(2)3)14-8-7-12(4)9-13(14)5/h7-9,11,15-16H,6,10H2,1-5H3. The van der Waals surface area contributed by atoms with Gasteiger partial charge in [0, 0.05) is 11.8 Å². The molecule has 0 amide bonds. The van der Waals surface area contributed by atoms with E-state index in [9.17, 15) is 0 Å². The van der Waals surface area contributed by atoms with Gasteiger partial charge >= 0.3 is 0 Å². The second kappa shape index (κ2) is 7.07. The topological polar surface area (TPSA) is 12.0 Å². The summed E-state index contributed by atoms with van der Waals surface area (Å²) in [6.45, 7) is 12.1. The number of hydrogen-bond acceptors (Lipinski definition) is 2. The Bertz CT molecular complexity index is 347. The average Bonchev–Trinajstić information content (AvgIpc) is 2.24. The van der Waals surface area contributed by atoms with Crippen molar-refractivity contribution in [2.75, 3.05) is 12.3 Å². The molecule has 0 radical (unpaired) electrons. The van der Waals surface area contributed by atoms with E-state index in [1.165, 1.54) is 16.7 Å². The normalized spacial score (nSPS) is 13.1. The molecule has 1 rings (SSSR count). The van der Waals surface area contributed by atoms with E-state index >= 15 is 0 Å². The van der Waals surface area contributed by atoms with Crippen LogP contribution in [0.5, 0.6) is 0 Å². The zero-order chi connectivity index (χ0) is 12.8. The highest BCUT2D eigenvalue weighted by Crippen LogP contribution is 2.24. The zero-order valence-corrected chi connectivity index (χ0v) is 12.5. The molecule has 0 heterocycles. The van der Waals surface area contributed by atoms with Crippen molar-refractivity contribution in [3.05, 3.63) is 34.9 Å². The van der Waals surface area contributed by atoms with E-state index in [1.807, 2.05) is 11.8 Å². The van der Waals surface area contributed by atoms with Crippen LogP contribution in [0.25, 0.3) is 0 Å². The average molecular weight is 251 g/mol. The molecule has 2 heteroatoms. The van der Waals surface area contributed by atoms with Crippen molar-refractivity contribution in [1.29, 1.82) is 0 Å². The van der Waals surface area contributed by atoms with Crippen molar-refractivity contribution in [3.63, 3.8) is 0 Å². The largest absolute Gasteiger partial charge is 0.310 e. The fourth-order valence-electron chi connectivity index (χ4n) is 2.01. The number of nitrogens with one attached hydrogen (secondary N) is 1. The van der Waals surface area contributed by atoms with E-state index < -0.39 is 0 Å². The summed E-state index contributed by atoms with van der Waals surface area (Å²) in [4.78, 5) is 0. The number of hydrogen-bond donors (Lipinski definition) is 1. The van der Waals surface area contributed by atoms with Gasteiger partial charge in [-0.1, -0.05) is 44.5 Å². The summed E-state index contributed by atoms with van der Waals surface area (Å²) in [6.07, 6.45) is 0. The second-order valence-electron chi connectivity index (χ2n) is 4.85. The molecule has 0 saturated heterocycles. The van der Waals surface area contributed by atoms with Crippen LogP contribution in [0.2, 0.25) is 0 Å². The van der Waals surface area contributed by atoms with Gasteiger partial charge < -0.3 is 5.32 Å². The Kier molecular flexibility index (Phi) is 6.07. The summed E-state index contributed by atoms with van der Waals surface area (Å²) in [6, 6.07) is 7.25. The number of thioether (sulfide) groups is 1. The highest BCUT2D eigenvalue weighted by Gasteiger charge is 2.13. The third-order valence-electron chi connectivity index (χ3n) is 2.85. The molecule has 0 aliphatic heterocycles. The highest BCUT2D eigenvalue weighted by molar-refractivity contribution is 7.99. The van der Waals surface area contributed by atoms with Gasteiger partial charge in [-0.15, -0.1) is 0 Å². The Hall–Kier alpha value is -0.470. The summed E-state index contributed by atoms with van der Waals surface area (Å²) < 4.78 is 0. The van der Waals surface area contributed by atoms with Crippen LogP contribution in [0.4, 0.5) is 0 Å². The van der Waals surface area contributed by atoms with E-state index in [0.717, 1.165) is 12.3 Å². The summed E-state index contributed by atoms with van der Waals surface area (Å²) in [5.41, 5.74) is 4.20. The Morgan fingerprint density at radius 1 is 1.24 bits per heavy atom. The molecule has 1 atom stereocenters. The van der Waals surface area contributed by atoms with Crippen LogP contribution in [0.1, 0.15) is 43.5 Å². The Balaban J connectivity index is 2.81. The summed E-state index contributed by atoms with van der Waals surface area (Å²) in [7, 11) is 0. The van der Waals surface area contributed by atoms with Crippen molar-refractivity contribution in [2.24, 2.45) is 0 Å². The Labute approximate surface area is 110 Å². The molecule has 0 aliphatic carbocycles. The van der Waals surface area contributed by atoms with E-state index in [4.69, 9.17) is 0 Å². The molecule has 0 spiro atoms. The van der Waals surface area contributed by atoms with Gasteiger partial charge in [-0.3, -0.25) is 0 Å². The van der Waals surface area contributed by atoms with Gasteiger partial charge in [-0.2, -0.15) is 11.8 Å².